The molecule has 0 bridgehead atoms. The zero-order chi connectivity index (χ0) is 14.7. The summed E-state index contributed by atoms with van der Waals surface area (Å²) in [7, 11) is 0. The van der Waals surface area contributed by atoms with Crippen LogP contribution in [-0.2, 0) is 0 Å². The van der Waals surface area contributed by atoms with E-state index in [0.717, 1.165) is 46.7 Å². The summed E-state index contributed by atoms with van der Waals surface area (Å²) in [5.41, 5.74) is 0.383. The largest absolute Gasteiger partial charge is 0.179 e. The molecular formula is C11H26S7. The first-order chi connectivity index (χ1) is 8.49. The highest BCUT2D eigenvalue weighted by molar-refractivity contribution is 7.83. The monoisotopic (exact) mass is 382 g/mol. The zero-order valence-corrected chi connectivity index (χ0v) is 17.0. The van der Waals surface area contributed by atoms with Crippen LogP contribution in [0.25, 0.3) is 0 Å². The van der Waals surface area contributed by atoms with Gasteiger partial charge < -0.3 is 0 Å². The fourth-order valence-corrected chi connectivity index (χ4v) is 5.06. The highest BCUT2D eigenvalue weighted by Crippen LogP contribution is 2.26. The second kappa shape index (κ2) is 13.1. The van der Waals surface area contributed by atoms with Crippen molar-refractivity contribution in [1.29, 1.82) is 0 Å². The molecule has 0 fully saturated rings. The van der Waals surface area contributed by atoms with Gasteiger partial charge in [-0.25, -0.2) is 0 Å². The quantitative estimate of drug-likeness (QED) is 0.305. The van der Waals surface area contributed by atoms with Gasteiger partial charge in [-0.2, -0.15) is 88.4 Å². The van der Waals surface area contributed by atoms with E-state index in [4.69, 9.17) is 0 Å². The van der Waals surface area contributed by atoms with Gasteiger partial charge in [0.2, 0.25) is 0 Å². The molecular weight excluding hydrogens is 357 g/mol. The van der Waals surface area contributed by atoms with Crippen LogP contribution in [0.5, 0.6) is 0 Å². The van der Waals surface area contributed by atoms with Crippen LogP contribution in [0.15, 0.2) is 0 Å². The molecule has 0 aromatic carbocycles. The Labute approximate surface area is 151 Å². The Hall–Kier alpha value is 2.45. The number of hydrogen-bond donors (Lipinski definition) is 7. The Morgan fingerprint density at radius 1 is 0.500 bits per heavy atom. The van der Waals surface area contributed by atoms with E-state index in [0.29, 0.717) is 0 Å². The third-order valence-corrected chi connectivity index (χ3v) is 7.79. The highest BCUT2D eigenvalue weighted by Gasteiger charge is 2.23. The molecule has 0 aliphatic rings. The summed E-state index contributed by atoms with van der Waals surface area (Å²) in [4.78, 5) is 0. The van der Waals surface area contributed by atoms with E-state index >= 15 is 0 Å². The molecule has 0 saturated heterocycles. The SMILES string of the molecule is CCC(CS)(CS)CS.SCC(CS)(CS)CS. The smallest absolute Gasteiger partial charge is 0.00550 e. The van der Waals surface area contributed by atoms with Crippen LogP contribution in [0.2, 0.25) is 0 Å². The molecule has 0 saturated carbocycles. The second-order valence-corrected chi connectivity index (χ2v) is 6.67. The fraction of sp³-hybridized carbons (Fsp3) is 1.00. The van der Waals surface area contributed by atoms with E-state index in [-0.39, 0.29) is 10.8 Å². The summed E-state index contributed by atoms with van der Waals surface area (Å²) >= 11 is 29.5. The lowest BCUT2D eigenvalue weighted by molar-refractivity contribution is 0.431. The minimum absolute atomic E-state index is 0.123. The lowest BCUT2D eigenvalue weighted by Gasteiger charge is -2.26. The van der Waals surface area contributed by atoms with Crippen molar-refractivity contribution in [3.8, 4) is 0 Å². The standard InChI is InChI=1S/C6H14S3.C5H12S4/c1-2-6(3-7,4-8)5-9;6-1-5(2-7,3-8)4-9/h7-9H,2-5H2,1H3;6-9H,1-4H2. The molecule has 0 amide bonds. The summed E-state index contributed by atoms with van der Waals surface area (Å²) in [6, 6.07) is 0. The molecule has 0 heterocycles. The van der Waals surface area contributed by atoms with Gasteiger partial charge in [-0.1, -0.05) is 6.92 Å². The summed E-state index contributed by atoms with van der Waals surface area (Å²) in [6.07, 6.45) is 1.11. The predicted octanol–water partition coefficient (Wildman–Crippen LogP) is 3.86. The first-order valence-corrected chi connectivity index (χ1v) is 10.2. The lowest BCUT2D eigenvalue weighted by Crippen LogP contribution is -2.29. The van der Waals surface area contributed by atoms with Gasteiger partial charge >= 0.3 is 0 Å². The van der Waals surface area contributed by atoms with Gasteiger partial charge in [0.1, 0.15) is 0 Å². The van der Waals surface area contributed by atoms with Gasteiger partial charge in [0.15, 0.2) is 0 Å². The maximum absolute atomic E-state index is 4.24. The Bertz CT molecular complexity index is 123. The van der Waals surface area contributed by atoms with Crippen molar-refractivity contribution in [3.05, 3.63) is 0 Å². The first-order valence-electron chi connectivity index (χ1n) is 5.75. The molecule has 18 heavy (non-hydrogen) atoms. The Morgan fingerprint density at radius 3 is 0.722 bits per heavy atom. The van der Waals surface area contributed by atoms with Gasteiger partial charge in [-0.05, 0) is 52.1 Å². The molecule has 0 N–H and O–H groups in total. The molecule has 0 unspecified atom stereocenters. The Kier molecular flexibility index (Phi) is 16.6. The number of rotatable bonds is 8. The molecule has 0 aliphatic carbocycles. The lowest BCUT2D eigenvalue weighted by atomic mass is 9.92. The molecule has 0 aromatic rings. The molecule has 0 atom stereocenters. The van der Waals surface area contributed by atoms with Crippen LogP contribution < -0.4 is 0 Å². The van der Waals surface area contributed by atoms with Gasteiger partial charge in [-0.3, -0.25) is 0 Å². The molecule has 7 heteroatoms. The van der Waals surface area contributed by atoms with Crippen molar-refractivity contribution < 1.29 is 0 Å². The van der Waals surface area contributed by atoms with Crippen molar-refractivity contribution in [3.63, 3.8) is 0 Å². The maximum atomic E-state index is 4.24. The number of hydrogen-bond acceptors (Lipinski definition) is 7. The fourth-order valence-electron chi connectivity index (χ4n) is 0.785. The zero-order valence-electron chi connectivity index (χ0n) is 10.8. The molecule has 0 aromatic heterocycles. The molecule has 0 aliphatic heterocycles. The molecule has 0 radical (unpaired) electrons. The molecule has 112 valence electrons. The van der Waals surface area contributed by atoms with Crippen molar-refractivity contribution in [2.24, 2.45) is 10.8 Å². The van der Waals surface area contributed by atoms with Gasteiger partial charge in [0, 0.05) is 5.41 Å². The maximum Gasteiger partial charge on any atom is 0.00550 e. The second-order valence-electron chi connectivity index (χ2n) is 4.46. The van der Waals surface area contributed by atoms with Crippen molar-refractivity contribution >= 4 is 88.4 Å². The van der Waals surface area contributed by atoms with Crippen LogP contribution in [0.3, 0.4) is 0 Å². The minimum Gasteiger partial charge on any atom is -0.179 e. The van der Waals surface area contributed by atoms with Crippen LogP contribution in [0, 0.1) is 10.8 Å². The van der Waals surface area contributed by atoms with E-state index in [1.54, 1.807) is 0 Å². The van der Waals surface area contributed by atoms with E-state index in [1.807, 2.05) is 0 Å². The van der Waals surface area contributed by atoms with E-state index in [1.165, 1.54) is 0 Å². The van der Waals surface area contributed by atoms with Gasteiger partial charge in [-0.15, -0.1) is 0 Å². The summed E-state index contributed by atoms with van der Waals surface area (Å²) in [5, 5.41) is 0. The van der Waals surface area contributed by atoms with E-state index < -0.39 is 0 Å². The summed E-state index contributed by atoms with van der Waals surface area (Å²) in [6.45, 7) is 2.16. The topological polar surface area (TPSA) is 0 Å². The van der Waals surface area contributed by atoms with Crippen molar-refractivity contribution in [1.82, 2.24) is 0 Å². The van der Waals surface area contributed by atoms with Gasteiger partial charge in [0.05, 0.1) is 0 Å². The first kappa shape index (κ1) is 22.7. The molecule has 0 rings (SSSR count). The average molecular weight is 383 g/mol. The number of thiol groups is 7. The van der Waals surface area contributed by atoms with E-state index in [9.17, 15) is 0 Å². The molecule has 0 spiro atoms. The van der Waals surface area contributed by atoms with Crippen molar-refractivity contribution in [2.45, 2.75) is 13.3 Å². The van der Waals surface area contributed by atoms with Crippen LogP contribution in [0.1, 0.15) is 13.3 Å². The summed E-state index contributed by atoms with van der Waals surface area (Å²) in [5.74, 6) is 5.89. The van der Waals surface area contributed by atoms with Crippen LogP contribution in [0.4, 0.5) is 0 Å². The Morgan fingerprint density at radius 2 is 0.722 bits per heavy atom. The third kappa shape index (κ3) is 8.03. The molecule has 0 nitrogen and oxygen atoms in total. The van der Waals surface area contributed by atoms with Crippen LogP contribution in [-0.4, -0.2) is 40.3 Å². The van der Waals surface area contributed by atoms with Gasteiger partial charge in [0.25, 0.3) is 0 Å². The van der Waals surface area contributed by atoms with E-state index in [2.05, 4.69) is 95.3 Å². The average Bonchev–Trinajstić information content (AvgIpc) is 2.46. The summed E-state index contributed by atoms with van der Waals surface area (Å²) < 4.78 is 0. The Balaban J connectivity index is 0. The predicted molar refractivity (Wildman–Crippen MR) is 112 cm³/mol. The van der Waals surface area contributed by atoms with Crippen molar-refractivity contribution in [2.75, 3.05) is 40.3 Å². The minimum atomic E-state index is 0.123. The van der Waals surface area contributed by atoms with Crippen LogP contribution >= 0.6 is 88.4 Å². The highest BCUT2D eigenvalue weighted by atomic mass is 32.1. The normalized spacial score (nSPS) is 12.0. The third-order valence-electron chi connectivity index (χ3n) is 3.10.